The monoisotopic (exact) mass is 333 g/mol. The van der Waals surface area contributed by atoms with Crippen molar-refractivity contribution in [3.05, 3.63) is 35.4 Å². The second kappa shape index (κ2) is 8.44. The highest BCUT2D eigenvalue weighted by Crippen LogP contribution is 2.32. The highest BCUT2D eigenvalue weighted by atomic mass is 16.5. The van der Waals surface area contributed by atoms with Gasteiger partial charge in [-0.25, -0.2) is 0 Å². The van der Waals surface area contributed by atoms with Gasteiger partial charge in [0.1, 0.15) is 11.5 Å². The van der Waals surface area contributed by atoms with E-state index in [0.717, 1.165) is 30.9 Å². The van der Waals surface area contributed by atoms with Crippen LogP contribution in [0.4, 0.5) is 0 Å². The quantitative estimate of drug-likeness (QED) is 0.772. The molecule has 0 amide bonds. The smallest absolute Gasteiger partial charge is 0.240 e. The number of likely N-dealkylation sites (tertiary alicyclic amines) is 1. The van der Waals surface area contributed by atoms with Crippen molar-refractivity contribution in [2.75, 3.05) is 20.3 Å². The van der Waals surface area contributed by atoms with Crippen LogP contribution in [0.2, 0.25) is 0 Å². The van der Waals surface area contributed by atoms with Crippen LogP contribution in [0.15, 0.2) is 21.1 Å². The van der Waals surface area contributed by atoms with E-state index in [1.54, 1.807) is 7.11 Å². The fourth-order valence-corrected chi connectivity index (χ4v) is 3.27. The molecule has 6 heteroatoms. The van der Waals surface area contributed by atoms with Gasteiger partial charge in [0.2, 0.25) is 5.89 Å². The van der Waals surface area contributed by atoms with Crippen LogP contribution >= 0.6 is 0 Å². The average Bonchev–Trinajstić information content (AvgIpc) is 3.19. The molecule has 1 aliphatic rings. The lowest BCUT2D eigenvalue weighted by atomic mass is 10.1. The first-order chi connectivity index (χ1) is 11.8. The summed E-state index contributed by atoms with van der Waals surface area (Å²) >= 11 is 0. The van der Waals surface area contributed by atoms with Crippen molar-refractivity contribution in [1.29, 1.82) is 0 Å². The van der Waals surface area contributed by atoms with Gasteiger partial charge in [0, 0.05) is 20.0 Å². The van der Waals surface area contributed by atoms with E-state index in [1.807, 2.05) is 0 Å². The minimum atomic E-state index is 0.294. The van der Waals surface area contributed by atoms with Crippen LogP contribution in [-0.4, -0.2) is 35.3 Å². The van der Waals surface area contributed by atoms with E-state index < -0.39 is 0 Å². The number of hydrogen-bond donors (Lipinski definition) is 0. The SMILES string of the molecule is CCc1ccc(C2CCCCCN2Cc2nc(CCOC)no2)o1. The average molecular weight is 333 g/mol. The molecule has 3 rings (SSSR count). The number of hydrogen-bond acceptors (Lipinski definition) is 6. The minimum absolute atomic E-state index is 0.294. The van der Waals surface area contributed by atoms with Gasteiger partial charge in [0.25, 0.3) is 0 Å². The van der Waals surface area contributed by atoms with Gasteiger partial charge in [-0.1, -0.05) is 24.9 Å². The summed E-state index contributed by atoms with van der Waals surface area (Å²) in [6.45, 7) is 4.43. The number of ether oxygens (including phenoxy) is 1. The molecule has 0 saturated carbocycles. The minimum Gasteiger partial charge on any atom is -0.464 e. The molecule has 0 aliphatic carbocycles. The van der Waals surface area contributed by atoms with Crippen molar-refractivity contribution < 1.29 is 13.7 Å². The van der Waals surface area contributed by atoms with Gasteiger partial charge in [-0.15, -0.1) is 0 Å². The van der Waals surface area contributed by atoms with E-state index in [4.69, 9.17) is 13.7 Å². The zero-order chi connectivity index (χ0) is 16.8. The number of rotatable bonds is 7. The number of nitrogens with zero attached hydrogens (tertiary/aromatic N) is 3. The Kier molecular flexibility index (Phi) is 6.04. The molecule has 6 nitrogen and oxygen atoms in total. The van der Waals surface area contributed by atoms with E-state index in [1.165, 1.54) is 19.3 Å². The third kappa shape index (κ3) is 4.24. The summed E-state index contributed by atoms with van der Waals surface area (Å²) in [5.74, 6) is 3.50. The van der Waals surface area contributed by atoms with E-state index in [9.17, 15) is 0 Å². The van der Waals surface area contributed by atoms with Crippen molar-refractivity contribution in [2.24, 2.45) is 0 Å². The molecule has 1 fully saturated rings. The lowest BCUT2D eigenvalue weighted by Crippen LogP contribution is -2.28. The van der Waals surface area contributed by atoms with Crippen molar-refractivity contribution in [3.8, 4) is 0 Å². The number of methoxy groups -OCH3 is 1. The Morgan fingerprint density at radius 2 is 2.21 bits per heavy atom. The number of aryl methyl sites for hydroxylation is 1. The molecule has 1 saturated heterocycles. The van der Waals surface area contributed by atoms with Crippen molar-refractivity contribution in [3.63, 3.8) is 0 Å². The Labute approximate surface area is 143 Å². The van der Waals surface area contributed by atoms with Gasteiger partial charge in [-0.05, 0) is 31.5 Å². The lowest BCUT2D eigenvalue weighted by Gasteiger charge is -2.26. The number of furan rings is 1. The molecule has 0 aromatic carbocycles. The first kappa shape index (κ1) is 17.2. The van der Waals surface area contributed by atoms with Gasteiger partial charge in [-0.3, -0.25) is 4.90 Å². The van der Waals surface area contributed by atoms with Crippen LogP contribution < -0.4 is 0 Å². The summed E-state index contributed by atoms with van der Waals surface area (Å²) in [5.41, 5.74) is 0. The molecule has 24 heavy (non-hydrogen) atoms. The Morgan fingerprint density at radius 1 is 1.29 bits per heavy atom. The van der Waals surface area contributed by atoms with E-state index in [2.05, 4.69) is 34.1 Å². The second-order valence-electron chi connectivity index (χ2n) is 6.34. The van der Waals surface area contributed by atoms with Crippen LogP contribution in [0.25, 0.3) is 0 Å². The van der Waals surface area contributed by atoms with Crippen LogP contribution in [0.3, 0.4) is 0 Å². The van der Waals surface area contributed by atoms with Gasteiger partial charge < -0.3 is 13.7 Å². The summed E-state index contributed by atoms with van der Waals surface area (Å²) < 4.78 is 16.5. The number of aromatic nitrogens is 2. The van der Waals surface area contributed by atoms with Gasteiger partial charge in [-0.2, -0.15) is 4.98 Å². The highest BCUT2D eigenvalue weighted by molar-refractivity contribution is 5.11. The molecule has 3 heterocycles. The third-order valence-corrected chi connectivity index (χ3v) is 4.60. The molecule has 132 valence electrons. The molecule has 2 aromatic rings. The summed E-state index contributed by atoms with van der Waals surface area (Å²) in [7, 11) is 1.68. The van der Waals surface area contributed by atoms with Crippen LogP contribution in [-0.2, 0) is 24.1 Å². The standard InChI is InChI=1S/C18H27N3O3/c1-3-14-8-9-16(23-14)15-7-5-4-6-11-21(15)13-18-19-17(20-24-18)10-12-22-2/h8-9,15H,3-7,10-13H2,1-2H3. The summed E-state index contributed by atoms with van der Waals surface area (Å²) in [5, 5.41) is 4.04. The summed E-state index contributed by atoms with van der Waals surface area (Å²) in [4.78, 5) is 6.91. The Balaban J connectivity index is 1.71. The van der Waals surface area contributed by atoms with E-state index in [-0.39, 0.29) is 0 Å². The molecule has 2 aromatic heterocycles. The molecule has 0 N–H and O–H groups in total. The zero-order valence-corrected chi connectivity index (χ0v) is 14.7. The maximum Gasteiger partial charge on any atom is 0.240 e. The lowest BCUT2D eigenvalue weighted by molar-refractivity contribution is 0.148. The van der Waals surface area contributed by atoms with Gasteiger partial charge >= 0.3 is 0 Å². The summed E-state index contributed by atoms with van der Waals surface area (Å²) in [6, 6.07) is 4.51. The fraction of sp³-hybridized carbons (Fsp3) is 0.667. The first-order valence-electron chi connectivity index (χ1n) is 8.93. The maximum absolute atomic E-state index is 6.03. The summed E-state index contributed by atoms with van der Waals surface area (Å²) in [6.07, 6.45) is 6.41. The van der Waals surface area contributed by atoms with Crippen molar-refractivity contribution in [2.45, 2.75) is 58.0 Å². The van der Waals surface area contributed by atoms with E-state index >= 15 is 0 Å². The topological polar surface area (TPSA) is 64.5 Å². The molecule has 0 spiro atoms. The molecular weight excluding hydrogens is 306 g/mol. The molecule has 1 aliphatic heterocycles. The highest BCUT2D eigenvalue weighted by Gasteiger charge is 2.26. The Hall–Kier alpha value is -1.66. The first-order valence-corrected chi connectivity index (χ1v) is 8.93. The van der Waals surface area contributed by atoms with E-state index in [0.29, 0.717) is 37.3 Å². The van der Waals surface area contributed by atoms with Crippen molar-refractivity contribution in [1.82, 2.24) is 15.0 Å². The Morgan fingerprint density at radius 3 is 3.00 bits per heavy atom. The third-order valence-electron chi connectivity index (χ3n) is 4.60. The molecule has 0 radical (unpaired) electrons. The maximum atomic E-state index is 6.03. The normalized spacial score (nSPS) is 19.5. The Bertz CT molecular complexity index is 623. The molecule has 1 atom stereocenters. The second-order valence-corrected chi connectivity index (χ2v) is 6.34. The van der Waals surface area contributed by atoms with Crippen LogP contribution in [0.5, 0.6) is 0 Å². The van der Waals surface area contributed by atoms with Crippen LogP contribution in [0, 0.1) is 0 Å². The fourth-order valence-electron chi connectivity index (χ4n) is 3.27. The predicted octanol–water partition coefficient (Wildman–Crippen LogP) is 3.53. The van der Waals surface area contributed by atoms with Gasteiger partial charge in [0.05, 0.1) is 19.2 Å². The largest absolute Gasteiger partial charge is 0.464 e. The zero-order valence-electron chi connectivity index (χ0n) is 14.7. The van der Waals surface area contributed by atoms with Gasteiger partial charge in [0.15, 0.2) is 5.82 Å². The predicted molar refractivity (Wildman–Crippen MR) is 89.6 cm³/mol. The van der Waals surface area contributed by atoms with Crippen LogP contribution in [0.1, 0.15) is 61.9 Å². The molecule has 0 bridgehead atoms. The van der Waals surface area contributed by atoms with Crippen molar-refractivity contribution >= 4 is 0 Å². The molecular formula is C18H27N3O3. The molecule has 1 unspecified atom stereocenters.